The van der Waals surface area contributed by atoms with Crippen molar-refractivity contribution in [1.82, 2.24) is 9.80 Å². The molecule has 178 valence electrons. The summed E-state index contributed by atoms with van der Waals surface area (Å²) in [6, 6.07) is 19.0. The maximum absolute atomic E-state index is 13.1. The van der Waals surface area contributed by atoms with E-state index in [1.54, 1.807) is 17.0 Å². The Balaban J connectivity index is 1.45. The third-order valence-electron chi connectivity index (χ3n) is 6.17. The average Bonchev–Trinajstić information content (AvgIpc) is 3.49. The maximum Gasteiger partial charge on any atom is 0.294 e. The summed E-state index contributed by atoms with van der Waals surface area (Å²) in [5.41, 5.74) is 1.54. The number of rotatable bonds is 6. The highest BCUT2D eigenvalue weighted by molar-refractivity contribution is 8.18. The lowest BCUT2D eigenvalue weighted by atomic mass is 10.0. The van der Waals surface area contributed by atoms with E-state index in [-0.39, 0.29) is 24.0 Å². The molecule has 5 rings (SSSR count). The molecule has 0 spiro atoms. The van der Waals surface area contributed by atoms with Gasteiger partial charge in [0.25, 0.3) is 11.1 Å². The molecular weight excluding hydrogens is 484 g/mol. The zero-order valence-electron chi connectivity index (χ0n) is 18.9. The number of hydrogen-bond donors (Lipinski definition) is 0. The number of likely N-dealkylation sites (tertiary alicyclic amines) is 1. The summed E-state index contributed by atoms with van der Waals surface area (Å²) in [6.07, 6.45) is 3.59. The van der Waals surface area contributed by atoms with E-state index in [9.17, 15) is 14.4 Å². The highest BCUT2D eigenvalue weighted by Gasteiger charge is 2.37. The van der Waals surface area contributed by atoms with Crippen LogP contribution in [-0.4, -0.2) is 46.5 Å². The summed E-state index contributed by atoms with van der Waals surface area (Å²) < 4.78 is 6.13. The number of ether oxygens (including phenoxy) is 1. The minimum Gasteiger partial charge on any atom is -0.488 e. The fourth-order valence-electron chi connectivity index (χ4n) is 4.29. The quantitative estimate of drug-likeness (QED) is 0.399. The first kappa shape index (κ1) is 23.5. The number of benzene rings is 3. The average molecular weight is 507 g/mol. The third-order valence-corrected chi connectivity index (χ3v) is 7.45. The van der Waals surface area contributed by atoms with E-state index in [1.165, 1.54) is 0 Å². The number of fused-ring (bicyclic) bond motifs is 1. The molecule has 0 N–H and O–H groups in total. The van der Waals surface area contributed by atoms with Crippen LogP contribution in [0.1, 0.15) is 24.0 Å². The van der Waals surface area contributed by atoms with E-state index >= 15 is 0 Å². The van der Waals surface area contributed by atoms with Gasteiger partial charge < -0.3 is 9.64 Å². The lowest BCUT2D eigenvalue weighted by molar-refractivity contribution is -0.135. The van der Waals surface area contributed by atoms with Crippen LogP contribution in [0.3, 0.4) is 0 Å². The van der Waals surface area contributed by atoms with Gasteiger partial charge in [0.1, 0.15) is 18.9 Å². The van der Waals surface area contributed by atoms with Gasteiger partial charge in [-0.1, -0.05) is 60.1 Å². The Morgan fingerprint density at radius 3 is 2.54 bits per heavy atom. The van der Waals surface area contributed by atoms with Gasteiger partial charge in [0.05, 0.1) is 4.91 Å². The number of carbonyl (C=O) groups excluding carboxylic acids is 3. The van der Waals surface area contributed by atoms with E-state index in [4.69, 9.17) is 16.3 Å². The minimum atomic E-state index is -0.461. The summed E-state index contributed by atoms with van der Waals surface area (Å²) >= 11 is 7.14. The second kappa shape index (κ2) is 10.1. The number of hydrogen-bond acceptors (Lipinski definition) is 5. The molecule has 8 heteroatoms. The summed E-state index contributed by atoms with van der Waals surface area (Å²) in [7, 11) is 0. The van der Waals surface area contributed by atoms with E-state index in [0.29, 0.717) is 29.4 Å². The van der Waals surface area contributed by atoms with Crippen molar-refractivity contribution in [2.24, 2.45) is 0 Å². The number of halogens is 1. The predicted octanol–water partition coefficient (Wildman–Crippen LogP) is 5.73. The van der Waals surface area contributed by atoms with Gasteiger partial charge in [-0.15, -0.1) is 0 Å². The van der Waals surface area contributed by atoms with Gasteiger partial charge >= 0.3 is 0 Å². The van der Waals surface area contributed by atoms with Crippen molar-refractivity contribution in [3.05, 3.63) is 81.7 Å². The van der Waals surface area contributed by atoms with Crippen molar-refractivity contribution in [3.63, 3.8) is 0 Å². The molecule has 0 unspecified atom stereocenters. The Morgan fingerprint density at radius 2 is 1.74 bits per heavy atom. The van der Waals surface area contributed by atoms with Crippen LogP contribution < -0.4 is 4.74 Å². The number of amides is 3. The van der Waals surface area contributed by atoms with Gasteiger partial charge in [0.2, 0.25) is 5.91 Å². The Labute approximate surface area is 212 Å². The van der Waals surface area contributed by atoms with Crippen molar-refractivity contribution >= 4 is 57.3 Å². The molecule has 0 bridgehead atoms. The molecule has 2 aliphatic heterocycles. The molecule has 0 aromatic heterocycles. The fraction of sp³-hybridized carbons (Fsp3) is 0.222. The van der Waals surface area contributed by atoms with E-state index in [1.807, 2.05) is 54.6 Å². The van der Waals surface area contributed by atoms with Crippen LogP contribution in [0.2, 0.25) is 5.02 Å². The van der Waals surface area contributed by atoms with Gasteiger partial charge in [0, 0.05) is 29.2 Å². The molecule has 2 saturated heterocycles. The lowest BCUT2D eigenvalue weighted by Gasteiger charge is -2.18. The predicted molar refractivity (Wildman–Crippen MR) is 138 cm³/mol. The van der Waals surface area contributed by atoms with Crippen molar-refractivity contribution in [1.29, 1.82) is 0 Å². The largest absolute Gasteiger partial charge is 0.488 e. The van der Waals surface area contributed by atoms with Crippen LogP contribution in [-0.2, 0) is 16.2 Å². The van der Waals surface area contributed by atoms with Crippen LogP contribution in [0.5, 0.6) is 5.75 Å². The number of nitrogens with zero attached hydrogens (tertiary/aromatic N) is 2. The van der Waals surface area contributed by atoms with Crippen LogP contribution in [0.25, 0.3) is 16.8 Å². The molecule has 0 radical (unpaired) electrons. The van der Waals surface area contributed by atoms with Crippen LogP contribution in [0.4, 0.5) is 4.79 Å². The van der Waals surface area contributed by atoms with Gasteiger partial charge in [-0.05, 0) is 53.6 Å². The van der Waals surface area contributed by atoms with Gasteiger partial charge in [-0.3, -0.25) is 19.3 Å². The van der Waals surface area contributed by atoms with Gasteiger partial charge in [-0.2, -0.15) is 0 Å². The van der Waals surface area contributed by atoms with Crippen molar-refractivity contribution in [3.8, 4) is 5.75 Å². The molecule has 2 fully saturated rings. The SMILES string of the molecule is O=C(CN1C(=O)S/C(=C\c2c(OCc3ccccc3Cl)ccc3ccccc23)C1=O)N1CCCC1. The first-order chi connectivity index (χ1) is 17.0. The maximum atomic E-state index is 13.1. The van der Waals surface area contributed by atoms with E-state index < -0.39 is 11.1 Å². The van der Waals surface area contributed by atoms with E-state index in [0.717, 1.165) is 45.8 Å². The Hall–Kier alpha value is -3.29. The molecule has 0 aliphatic carbocycles. The number of thioether (sulfide) groups is 1. The summed E-state index contributed by atoms with van der Waals surface area (Å²) in [5, 5.41) is 2.04. The Bertz CT molecular complexity index is 1350. The third kappa shape index (κ3) is 4.92. The second-order valence-electron chi connectivity index (χ2n) is 8.43. The summed E-state index contributed by atoms with van der Waals surface area (Å²) in [5.74, 6) is -0.0823. The fourth-order valence-corrected chi connectivity index (χ4v) is 5.30. The highest BCUT2D eigenvalue weighted by Crippen LogP contribution is 2.37. The Kier molecular flexibility index (Phi) is 6.79. The standard InChI is InChI=1S/C27H23ClN2O4S/c28-22-10-4-2-8-19(22)17-34-23-12-11-18-7-1-3-9-20(18)21(23)15-24-26(32)30(27(33)35-24)16-25(31)29-13-5-6-14-29/h1-4,7-12,15H,5-6,13-14,16-17H2/b24-15-. The molecule has 3 aromatic rings. The smallest absolute Gasteiger partial charge is 0.294 e. The zero-order chi connectivity index (χ0) is 24.4. The molecule has 3 aromatic carbocycles. The van der Waals surface area contributed by atoms with Crippen molar-refractivity contribution in [2.75, 3.05) is 19.6 Å². The topological polar surface area (TPSA) is 66.9 Å². The molecule has 3 amide bonds. The van der Waals surface area contributed by atoms with Crippen LogP contribution >= 0.6 is 23.4 Å². The van der Waals surface area contributed by atoms with Crippen molar-refractivity contribution in [2.45, 2.75) is 19.4 Å². The normalized spacial score (nSPS) is 17.1. The summed E-state index contributed by atoms with van der Waals surface area (Å²) in [6.45, 7) is 1.37. The second-order valence-corrected chi connectivity index (χ2v) is 9.83. The van der Waals surface area contributed by atoms with Crippen molar-refractivity contribution < 1.29 is 19.1 Å². The monoisotopic (exact) mass is 506 g/mol. The highest BCUT2D eigenvalue weighted by atomic mass is 35.5. The van der Waals surface area contributed by atoms with Crippen LogP contribution in [0, 0.1) is 0 Å². The lowest BCUT2D eigenvalue weighted by Crippen LogP contribution is -2.40. The first-order valence-electron chi connectivity index (χ1n) is 11.4. The molecule has 0 atom stereocenters. The first-order valence-corrected chi connectivity index (χ1v) is 12.6. The number of imide groups is 1. The van der Waals surface area contributed by atoms with Crippen LogP contribution in [0.15, 0.2) is 65.6 Å². The summed E-state index contributed by atoms with van der Waals surface area (Å²) in [4.78, 5) is 41.3. The number of carbonyl (C=O) groups is 3. The van der Waals surface area contributed by atoms with Gasteiger partial charge in [-0.25, -0.2) is 0 Å². The molecule has 0 saturated carbocycles. The molecule has 2 aliphatic rings. The molecular formula is C27H23ClN2O4S. The molecule has 35 heavy (non-hydrogen) atoms. The van der Waals surface area contributed by atoms with Gasteiger partial charge in [0.15, 0.2) is 0 Å². The minimum absolute atomic E-state index is 0.194. The Morgan fingerprint density at radius 1 is 1.00 bits per heavy atom. The van der Waals surface area contributed by atoms with E-state index in [2.05, 4.69) is 0 Å². The molecule has 6 nitrogen and oxygen atoms in total. The zero-order valence-corrected chi connectivity index (χ0v) is 20.5. The molecule has 2 heterocycles.